The fourth-order valence-electron chi connectivity index (χ4n) is 5.95. The molecule has 42 heavy (non-hydrogen) atoms. The molecule has 2 aromatic rings. The molecule has 1 aromatic carbocycles. The van der Waals surface area contributed by atoms with E-state index in [1.165, 1.54) is 0 Å². The first-order chi connectivity index (χ1) is 19.9. The average Bonchev–Trinajstić information content (AvgIpc) is 2.94. The maximum Gasteiger partial charge on any atom is 0.416 e. The van der Waals surface area contributed by atoms with Gasteiger partial charge in [0.15, 0.2) is 0 Å². The number of benzene rings is 1. The quantitative estimate of drug-likeness (QED) is 0.339. The van der Waals surface area contributed by atoms with Gasteiger partial charge in [0.25, 0.3) is 0 Å². The molecule has 1 aromatic heterocycles. The Labute approximate surface area is 251 Å². The third kappa shape index (κ3) is 7.78. The Bertz CT molecular complexity index is 1180. The van der Waals surface area contributed by atoms with Gasteiger partial charge < -0.3 is 24.3 Å². The largest absolute Gasteiger partial charge is 0.447 e. The van der Waals surface area contributed by atoms with Crippen LogP contribution in [0.15, 0.2) is 30.6 Å². The number of rotatable bonds is 8. The minimum absolute atomic E-state index is 0.0234. The summed E-state index contributed by atoms with van der Waals surface area (Å²) in [4.78, 5) is 30.9. The summed E-state index contributed by atoms with van der Waals surface area (Å²) < 4.78 is 46.6. The van der Waals surface area contributed by atoms with Crippen molar-refractivity contribution in [3.05, 3.63) is 46.7 Å². The minimum atomic E-state index is -4.52. The van der Waals surface area contributed by atoms with Gasteiger partial charge in [0.2, 0.25) is 5.95 Å². The fraction of sp³-hybridized carbons (Fsp3) is 0.633. The maximum absolute atomic E-state index is 13.7. The van der Waals surface area contributed by atoms with Crippen LogP contribution in [0, 0.1) is 0 Å². The third-order valence-corrected chi connectivity index (χ3v) is 8.41. The first-order valence-electron chi connectivity index (χ1n) is 14.8. The number of carbonyl (C=O) groups is 1. The van der Waals surface area contributed by atoms with Crippen LogP contribution in [0.2, 0.25) is 5.02 Å². The van der Waals surface area contributed by atoms with Gasteiger partial charge in [-0.3, -0.25) is 0 Å². The first-order valence-corrected chi connectivity index (χ1v) is 15.1. The summed E-state index contributed by atoms with van der Waals surface area (Å²) >= 11 is 6.16. The normalized spacial score (nSPS) is 22.0. The van der Waals surface area contributed by atoms with E-state index < -0.39 is 11.7 Å². The smallest absolute Gasteiger partial charge is 0.416 e. The van der Waals surface area contributed by atoms with E-state index >= 15 is 0 Å². The number of amides is 1. The molecule has 8 nitrogen and oxygen atoms in total. The van der Waals surface area contributed by atoms with Crippen molar-refractivity contribution in [3.63, 3.8) is 0 Å². The molecule has 12 heteroatoms. The number of halogens is 4. The highest BCUT2D eigenvalue weighted by atomic mass is 35.5. The molecule has 0 bridgehead atoms. The lowest BCUT2D eigenvalue weighted by Gasteiger charge is -2.47. The van der Waals surface area contributed by atoms with Gasteiger partial charge in [0.1, 0.15) is 0 Å². The summed E-state index contributed by atoms with van der Waals surface area (Å²) in [7, 11) is 2.09. The molecule has 2 aliphatic heterocycles. The Morgan fingerprint density at radius 3 is 2.17 bits per heavy atom. The monoisotopic (exact) mass is 610 g/mol. The molecule has 2 saturated heterocycles. The topological polar surface area (TPSA) is 65.0 Å². The van der Waals surface area contributed by atoms with Crippen molar-refractivity contribution in [2.75, 3.05) is 43.0 Å². The molecular weight excluding hydrogens is 569 g/mol. The van der Waals surface area contributed by atoms with Crippen molar-refractivity contribution in [3.8, 4) is 0 Å². The summed E-state index contributed by atoms with van der Waals surface area (Å²) in [5.41, 5.74) is 0.544. The molecular formula is C30H42ClF3N6O2. The van der Waals surface area contributed by atoms with Gasteiger partial charge in [-0.25, -0.2) is 14.8 Å². The molecule has 0 radical (unpaired) electrons. The maximum atomic E-state index is 13.7. The number of hydrogen-bond donors (Lipinski definition) is 0. The molecule has 3 heterocycles. The van der Waals surface area contributed by atoms with E-state index in [1.54, 1.807) is 18.5 Å². The van der Waals surface area contributed by atoms with Crippen molar-refractivity contribution in [2.24, 2.45) is 0 Å². The van der Waals surface area contributed by atoms with Crippen LogP contribution in [-0.2, 0) is 17.5 Å². The lowest BCUT2D eigenvalue weighted by Crippen LogP contribution is -2.57. The third-order valence-electron chi connectivity index (χ3n) is 8.19. The minimum Gasteiger partial charge on any atom is -0.447 e. The highest BCUT2D eigenvalue weighted by Crippen LogP contribution is 2.36. The highest BCUT2D eigenvalue weighted by molar-refractivity contribution is 6.30. The Kier molecular flexibility index (Phi) is 10.5. The molecule has 0 N–H and O–H groups in total. The molecule has 3 atom stereocenters. The van der Waals surface area contributed by atoms with Crippen LogP contribution in [0.3, 0.4) is 0 Å². The SMILES string of the molecule is CC[C@@H]1CC(N(Cc2cc(Cl)cc(C(F)(F)F)c2)c2ncc(N3CCN(C)CC3)cn2)C[C@H](CC)N1C(=O)OC(C)C. The zero-order valence-corrected chi connectivity index (χ0v) is 25.8. The fourth-order valence-corrected chi connectivity index (χ4v) is 6.20. The van der Waals surface area contributed by atoms with E-state index in [-0.39, 0.29) is 41.9 Å². The number of likely N-dealkylation sites (tertiary alicyclic amines) is 1. The van der Waals surface area contributed by atoms with Crippen LogP contribution in [0.1, 0.15) is 64.5 Å². The number of carbonyl (C=O) groups excluding carboxylic acids is 1. The van der Waals surface area contributed by atoms with Gasteiger partial charge >= 0.3 is 12.3 Å². The Balaban J connectivity index is 1.67. The molecule has 2 aliphatic rings. The second-order valence-electron chi connectivity index (χ2n) is 11.6. The van der Waals surface area contributed by atoms with Crippen molar-refractivity contribution >= 4 is 29.3 Å². The predicted octanol–water partition coefficient (Wildman–Crippen LogP) is 6.47. The second-order valence-corrected chi connectivity index (χ2v) is 12.0. The molecule has 232 valence electrons. The molecule has 4 rings (SSSR count). The van der Waals surface area contributed by atoms with E-state index in [1.807, 2.05) is 37.5 Å². The van der Waals surface area contributed by atoms with Crippen LogP contribution in [0.5, 0.6) is 0 Å². The molecule has 1 unspecified atom stereocenters. The predicted molar refractivity (Wildman–Crippen MR) is 159 cm³/mol. The Hall–Kier alpha value is -2.79. The van der Waals surface area contributed by atoms with Crippen LogP contribution >= 0.6 is 11.6 Å². The number of likely N-dealkylation sites (N-methyl/N-ethyl adjacent to an activating group) is 1. The standard InChI is InChI=1S/C30H42ClF3N6O2/c1-6-24-15-26(16-25(7-2)40(24)29(41)42-20(3)4)39(19-21-12-22(30(32,33)34)14-23(31)13-21)28-35-17-27(18-36-28)38-10-8-37(5)9-11-38/h12-14,17-18,20,24-26H,6-11,15-16,19H2,1-5H3/t24-,25+,26?. The summed E-state index contributed by atoms with van der Waals surface area (Å²) in [6.07, 6.45) is 1.15. The number of nitrogens with zero attached hydrogens (tertiary/aromatic N) is 6. The van der Waals surface area contributed by atoms with Crippen molar-refractivity contribution < 1.29 is 22.7 Å². The summed E-state index contributed by atoms with van der Waals surface area (Å²) in [6, 6.07) is 3.32. The Morgan fingerprint density at radius 2 is 1.64 bits per heavy atom. The van der Waals surface area contributed by atoms with Gasteiger partial charge in [-0.05, 0) is 70.3 Å². The number of piperazine rings is 1. The molecule has 1 amide bonds. The van der Waals surface area contributed by atoms with Gasteiger partial charge in [-0.1, -0.05) is 25.4 Å². The first kappa shape index (κ1) is 32.1. The summed E-state index contributed by atoms with van der Waals surface area (Å²) in [6.45, 7) is 11.5. The number of ether oxygens (including phenoxy) is 1. The number of hydrogen-bond acceptors (Lipinski definition) is 7. The number of alkyl halides is 3. The zero-order valence-electron chi connectivity index (χ0n) is 25.1. The van der Waals surface area contributed by atoms with E-state index in [0.29, 0.717) is 37.2 Å². The van der Waals surface area contributed by atoms with Gasteiger partial charge in [0, 0.05) is 55.9 Å². The lowest BCUT2D eigenvalue weighted by molar-refractivity contribution is -0.137. The van der Waals surface area contributed by atoms with Crippen LogP contribution in [0.4, 0.5) is 29.6 Å². The lowest BCUT2D eigenvalue weighted by atomic mass is 9.87. The van der Waals surface area contributed by atoms with E-state index in [4.69, 9.17) is 26.3 Å². The van der Waals surface area contributed by atoms with E-state index in [0.717, 1.165) is 44.0 Å². The van der Waals surface area contributed by atoms with E-state index in [9.17, 15) is 18.0 Å². The van der Waals surface area contributed by atoms with Gasteiger partial charge in [-0.15, -0.1) is 0 Å². The molecule has 0 aliphatic carbocycles. The second kappa shape index (κ2) is 13.7. The molecule has 0 spiro atoms. The van der Waals surface area contributed by atoms with Crippen molar-refractivity contribution in [2.45, 2.75) is 90.3 Å². The van der Waals surface area contributed by atoms with Crippen LogP contribution in [-0.4, -0.2) is 83.3 Å². The van der Waals surface area contributed by atoms with Crippen molar-refractivity contribution in [1.29, 1.82) is 0 Å². The summed E-state index contributed by atoms with van der Waals surface area (Å²) in [5, 5.41) is 0.0234. The summed E-state index contributed by atoms with van der Waals surface area (Å²) in [5.74, 6) is 0.439. The zero-order chi connectivity index (χ0) is 30.6. The number of piperidine rings is 1. The van der Waals surface area contributed by atoms with Crippen molar-refractivity contribution in [1.82, 2.24) is 19.8 Å². The molecule has 0 saturated carbocycles. The number of aromatic nitrogens is 2. The van der Waals surface area contributed by atoms with E-state index in [2.05, 4.69) is 16.8 Å². The number of anilines is 2. The average molecular weight is 611 g/mol. The van der Waals surface area contributed by atoms with Crippen LogP contribution < -0.4 is 9.80 Å². The highest BCUT2D eigenvalue weighted by Gasteiger charge is 2.41. The van der Waals surface area contributed by atoms with Crippen LogP contribution in [0.25, 0.3) is 0 Å². The van der Waals surface area contributed by atoms with Gasteiger partial charge in [0.05, 0.1) is 29.7 Å². The van der Waals surface area contributed by atoms with Gasteiger partial charge in [-0.2, -0.15) is 13.2 Å². The molecule has 2 fully saturated rings. The Morgan fingerprint density at radius 1 is 1.05 bits per heavy atom.